The first-order chi connectivity index (χ1) is 13.6. The number of anilines is 1. The Morgan fingerprint density at radius 1 is 1.14 bits per heavy atom. The number of hydrogen-bond acceptors (Lipinski definition) is 7. The van der Waals surface area contributed by atoms with E-state index in [0.29, 0.717) is 18.3 Å². The maximum Gasteiger partial charge on any atom is 0.266 e. The largest absolute Gasteiger partial charge is 0.354 e. The monoisotopic (exact) mass is 393 g/mol. The molecule has 0 atom stereocenters. The van der Waals surface area contributed by atoms with Gasteiger partial charge in [-0.15, -0.1) is 16.4 Å². The van der Waals surface area contributed by atoms with Crippen molar-refractivity contribution in [2.45, 2.75) is 20.4 Å². The van der Waals surface area contributed by atoms with Crippen LogP contribution in [0.4, 0.5) is 5.82 Å². The fourth-order valence-corrected chi connectivity index (χ4v) is 4.51. The summed E-state index contributed by atoms with van der Waals surface area (Å²) >= 11 is 1.66. The summed E-state index contributed by atoms with van der Waals surface area (Å²) in [7, 11) is 0. The summed E-state index contributed by atoms with van der Waals surface area (Å²) < 4.78 is 4.43. The Hall–Kier alpha value is -3.07. The van der Waals surface area contributed by atoms with Crippen LogP contribution < -0.4 is 10.5 Å². The molecule has 0 N–H and O–H groups in total. The van der Waals surface area contributed by atoms with Crippen molar-refractivity contribution in [3.63, 3.8) is 0 Å². The van der Waals surface area contributed by atoms with Crippen molar-refractivity contribution in [3.8, 4) is 5.82 Å². The minimum atomic E-state index is -0.0913. The van der Waals surface area contributed by atoms with Gasteiger partial charge < -0.3 is 4.90 Å². The van der Waals surface area contributed by atoms with E-state index in [2.05, 4.69) is 25.1 Å². The van der Waals surface area contributed by atoms with E-state index < -0.39 is 0 Å². The van der Waals surface area contributed by atoms with Gasteiger partial charge in [0.2, 0.25) is 0 Å². The van der Waals surface area contributed by atoms with E-state index in [1.807, 2.05) is 31.4 Å². The zero-order chi connectivity index (χ0) is 19.3. The molecule has 1 saturated heterocycles. The molecule has 0 saturated carbocycles. The van der Waals surface area contributed by atoms with Crippen LogP contribution in [0.3, 0.4) is 0 Å². The first kappa shape index (κ1) is 17.1. The molecule has 1 fully saturated rings. The molecule has 1 aliphatic rings. The van der Waals surface area contributed by atoms with Gasteiger partial charge in [-0.1, -0.05) is 0 Å². The van der Waals surface area contributed by atoms with Gasteiger partial charge in [-0.2, -0.15) is 5.10 Å². The summed E-state index contributed by atoms with van der Waals surface area (Å²) in [5.74, 6) is 2.00. The van der Waals surface area contributed by atoms with E-state index >= 15 is 0 Å². The summed E-state index contributed by atoms with van der Waals surface area (Å²) in [5.41, 5.74) is 2.81. The van der Waals surface area contributed by atoms with Crippen LogP contribution in [0.5, 0.6) is 0 Å². The molecule has 0 radical (unpaired) electrons. The van der Waals surface area contributed by atoms with Crippen molar-refractivity contribution in [1.82, 2.24) is 29.5 Å². The Balaban J connectivity index is 1.34. The molecule has 9 heteroatoms. The number of fused-ring (bicyclic) bond motifs is 1. The Bertz CT molecular complexity index is 1220. The van der Waals surface area contributed by atoms with Gasteiger partial charge in [-0.05, 0) is 37.4 Å². The lowest BCUT2D eigenvalue weighted by Crippen LogP contribution is -2.50. The lowest BCUT2D eigenvalue weighted by Gasteiger charge is -2.40. The number of aromatic nitrogens is 6. The van der Waals surface area contributed by atoms with Gasteiger partial charge in [0.25, 0.3) is 5.56 Å². The normalized spacial score (nSPS) is 14.6. The van der Waals surface area contributed by atoms with Gasteiger partial charge in [-0.25, -0.2) is 19.3 Å². The standard InChI is InChI=1S/C19H19N7OS/c1-12-7-13(2)26(22-12)16-3-4-17(27)25(23-16)10-14-8-24(9-14)19-18-15(5-6-28-18)20-11-21-19/h3-7,11,14H,8-10H2,1-2H3. The molecule has 0 aromatic carbocycles. The molecule has 142 valence electrons. The highest BCUT2D eigenvalue weighted by atomic mass is 32.1. The molecular weight excluding hydrogens is 374 g/mol. The molecule has 0 amide bonds. The predicted octanol–water partition coefficient (Wildman–Crippen LogP) is 2.19. The number of hydrogen-bond donors (Lipinski definition) is 0. The zero-order valence-corrected chi connectivity index (χ0v) is 16.4. The molecule has 0 spiro atoms. The molecule has 0 bridgehead atoms. The van der Waals surface area contributed by atoms with Gasteiger partial charge in [0.15, 0.2) is 5.82 Å². The highest BCUT2D eigenvalue weighted by Gasteiger charge is 2.30. The van der Waals surface area contributed by atoms with Crippen LogP contribution >= 0.6 is 11.3 Å². The van der Waals surface area contributed by atoms with Crippen molar-refractivity contribution >= 4 is 27.4 Å². The summed E-state index contributed by atoms with van der Waals surface area (Å²) in [5, 5.41) is 11.0. The maximum atomic E-state index is 12.3. The molecule has 5 heterocycles. The highest BCUT2D eigenvalue weighted by Crippen LogP contribution is 2.32. The van der Waals surface area contributed by atoms with E-state index in [4.69, 9.17) is 0 Å². The topological polar surface area (TPSA) is 81.7 Å². The van der Waals surface area contributed by atoms with Crippen LogP contribution in [0.2, 0.25) is 0 Å². The first-order valence-electron chi connectivity index (χ1n) is 9.13. The van der Waals surface area contributed by atoms with Crippen molar-refractivity contribution in [1.29, 1.82) is 0 Å². The minimum Gasteiger partial charge on any atom is -0.354 e. The van der Waals surface area contributed by atoms with E-state index in [1.165, 1.54) is 0 Å². The molecule has 8 nitrogen and oxygen atoms in total. The molecular formula is C19H19N7OS. The van der Waals surface area contributed by atoms with Crippen LogP contribution in [0, 0.1) is 19.8 Å². The fourth-order valence-electron chi connectivity index (χ4n) is 3.65. The average molecular weight is 393 g/mol. The summed E-state index contributed by atoms with van der Waals surface area (Å²) in [6.07, 6.45) is 1.61. The summed E-state index contributed by atoms with van der Waals surface area (Å²) in [4.78, 5) is 23.3. The van der Waals surface area contributed by atoms with Gasteiger partial charge in [0, 0.05) is 30.8 Å². The smallest absolute Gasteiger partial charge is 0.266 e. The second kappa shape index (κ2) is 6.52. The van der Waals surface area contributed by atoms with Crippen molar-refractivity contribution in [2.24, 2.45) is 5.92 Å². The van der Waals surface area contributed by atoms with E-state index in [0.717, 1.165) is 40.5 Å². The number of aryl methyl sites for hydroxylation is 2. The Morgan fingerprint density at radius 2 is 2.00 bits per heavy atom. The third kappa shape index (κ3) is 2.88. The quantitative estimate of drug-likeness (QED) is 0.529. The van der Waals surface area contributed by atoms with E-state index in [9.17, 15) is 4.79 Å². The SMILES string of the molecule is Cc1cc(C)n(-c2ccc(=O)n(CC3CN(c4ncnc5ccsc45)C3)n2)n1. The second-order valence-corrected chi connectivity index (χ2v) is 8.07. The Labute approximate surface area is 165 Å². The van der Waals surface area contributed by atoms with Crippen molar-refractivity contribution < 1.29 is 0 Å². The number of nitrogens with zero attached hydrogens (tertiary/aromatic N) is 7. The molecule has 5 rings (SSSR count). The van der Waals surface area contributed by atoms with Gasteiger partial charge >= 0.3 is 0 Å². The molecule has 0 unspecified atom stereocenters. The number of rotatable bonds is 4. The van der Waals surface area contributed by atoms with Crippen molar-refractivity contribution in [2.75, 3.05) is 18.0 Å². The van der Waals surface area contributed by atoms with Gasteiger partial charge in [0.05, 0.1) is 22.5 Å². The maximum absolute atomic E-state index is 12.3. The number of thiophene rings is 1. The van der Waals surface area contributed by atoms with Gasteiger partial charge in [-0.3, -0.25) is 4.79 Å². The first-order valence-corrected chi connectivity index (χ1v) is 10.0. The fraction of sp³-hybridized carbons (Fsp3) is 0.316. The molecule has 4 aromatic heterocycles. The van der Waals surface area contributed by atoms with E-state index in [1.54, 1.807) is 39.2 Å². The van der Waals surface area contributed by atoms with Crippen LogP contribution in [-0.2, 0) is 6.54 Å². The minimum absolute atomic E-state index is 0.0913. The molecule has 1 aliphatic heterocycles. The zero-order valence-electron chi connectivity index (χ0n) is 15.6. The average Bonchev–Trinajstić information content (AvgIpc) is 3.25. The lowest BCUT2D eigenvalue weighted by atomic mass is 10.0. The van der Waals surface area contributed by atoms with Crippen LogP contribution in [0.15, 0.2) is 40.8 Å². The third-order valence-electron chi connectivity index (χ3n) is 4.99. The highest BCUT2D eigenvalue weighted by molar-refractivity contribution is 7.17. The van der Waals surface area contributed by atoms with Gasteiger partial charge in [0.1, 0.15) is 12.1 Å². The Kier molecular flexibility index (Phi) is 3.97. The molecule has 28 heavy (non-hydrogen) atoms. The summed E-state index contributed by atoms with van der Waals surface area (Å²) in [6, 6.07) is 7.29. The predicted molar refractivity (Wildman–Crippen MR) is 108 cm³/mol. The molecule has 4 aromatic rings. The van der Waals surface area contributed by atoms with Crippen LogP contribution in [-0.4, -0.2) is 42.6 Å². The van der Waals surface area contributed by atoms with Crippen LogP contribution in [0.25, 0.3) is 16.0 Å². The van der Waals surface area contributed by atoms with E-state index in [-0.39, 0.29) is 5.56 Å². The molecule has 0 aliphatic carbocycles. The lowest BCUT2D eigenvalue weighted by molar-refractivity contribution is 0.332. The van der Waals surface area contributed by atoms with Crippen molar-refractivity contribution in [3.05, 3.63) is 57.7 Å². The third-order valence-corrected chi connectivity index (χ3v) is 5.89. The van der Waals surface area contributed by atoms with Crippen LogP contribution in [0.1, 0.15) is 11.4 Å². The second-order valence-electron chi connectivity index (χ2n) is 7.15. The summed E-state index contributed by atoms with van der Waals surface area (Å²) in [6.45, 7) is 6.21. The Morgan fingerprint density at radius 3 is 2.79 bits per heavy atom.